The first-order valence-electron chi connectivity index (χ1n) is 21.3. The number of benzene rings is 1. The molecule has 8 atom stereocenters. The number of nitrogens with zero attached hydrogens (tertiary/aromatic N) is 2. The van der Waals surface area contributed by atoms with Gasteiger partial charge in [0, 0.05) is 19.7 Å². The standard InChI is InChI=1S/C43H65N11O11/c1-21(2)15-27-43(64)65-29(18-44)33(46)39(60)49-26(17-30(45)55)37(58)53-36(24(7)8)42(63)54(9)28(16-25-13-11-10-12-14-25)38(59)52-34(22(3)4)40(61)48-19-31(56)47-20-32(57)51-35(23(5)6)41(62)50-27/h10-14,18-19,21-24,26-29,33-36,44H,15-17,20,46H2,1-9H3,(H2,45,55)(H,47,56)(H,49,60)(H,50,62)(H,51,57)(H,52,59)(H,53,58)/t26-,27-,28+,29-,33-,34+,35-,36+/m1/s1. The Labute approximate surface area is 378 Å². The molecular weight excluding hydrogens is 847 g/mol. The number of primary amides is 1. The Bertz CT molecular complexity index is 1940. The van der Waals surface area contributed by atoms with Gasteiger partial charge in [0.2, 0.25) is 41.4 Å². The summed E-state index contributed by atoms with van der Waals surface area (Å²) in [5, 5.41) is 22.7. The van der Waals surface area contributed by atoms with Crippen molar-refractivity contribution < 1.29 is 52.7 Å². The van der Waals surface area contributed by atoms with Crippen LogP contribution < -0.4 is 43.4 Å². The van der Waals surface area contributed by atoms with Crippen LogP contribution in [0.25, 0.3) is 0 Å². The number of nitrogens with one attached hydrogen (secondary N) is 7. The summed E-state index contributed by atoms with van der Waals surface area (Å²) in [6, 6.07) is -1.56. The van der Waals surface area contributed by atoms with Gasteiger partial charge in [-0.3, -0.25) is 43.2 Å². The highest BCUT2D eigenvalue weighted by Crippen LogP contribution is 2.16. The van der Waals surface area contributed by atoms with Crippen molar-refractivity contribution in [1.82, 2.24) is 36.8 Å². The van der Waals surface area contributed by atoms with Gasteiger partial charge in [-0.2, -0.15) is 0 Å². The van der Waals surface area contributed by atoms with Crippen molar-refractivity contribution in [2.75, 3.05) is 13.6 Å². The molecule has 22 nitrogen and oxygen atoms in total. The molecule has 9 amide bonds. The summed E-state index contributed by atoms with van der Waals surface area (Å²) >= 11 is 0. The third-order valence-electron chi connectivity index (χ3n) is 10.3. The second-order valence-electron chi connectivity index (χ2n) is 17.2. The van der Waals surface area contributed by atoms with Crippen LogP contribution in [0.15, 0.2) is 35.3 Å². The van der Waals surface area contributed by atoms with E-state index < -0.39 is 138 Å². The molecule has 1 aromatic rings. The minimum Gasteiger partial charge on any atom is -0.453 e. The van der Waals surface area contributed by atoms with Crippen LogP contribution in [0.4, 0.5) is 0 Å². The van der Waals surface area contributed by atoms with Crippen molar-refractivity contribution in [2.24, 2.45) is 40.1 Å². The van der Waals surface area contributed by atoms with Gasteiger partial charge in [-0.05, 0) is 35.7 Å². The highest BCUT2D eigenvalue weighted by atomic mass is 16.5. The fourth-order valence-electron chi connectivity index (χ4n) is 6.52. The fourth-order valence-corrected chi connectivity index (χ4v) is 6.52. The molecule has 22 heteroatoms. The zero-order valence-corrected chi connectivity index (χ0v) is 38.3. The molecule has 0 unspecified atom stereocenters. The first kappa shape index (κ1) is 54.6. The van der Waals surface area contributed by atoms with E-state index >= 15 is 0 Å². The van der Waals surface area contributed by atoms with E-state index in [-0.39, 0.29) is 18.8 Å². The Hall–Kier alpha value is -6.58. The van der Waals surface area contributed by atoms with Crippen molar-refractivity contribution >= 4 is 71.6 Å². The predicted molar refractivity (Wildman–Crippen MR) is 237 cm³/mol. The first-order valence-corrected chi connectivity index (χ1v) is 21.3. The number of nitrogens with two attached hydrogens (primary N) is 2. The zero-order valence-electron chi connectivity index (χ0n) is 38.3. The molecule has 0 bridgehead atoms. The molecule has 65 heavy (non-hydrogen) atoms. The van der Waals surface area contributed by atoms with Crippen molar-refractivity contribution in [2.45, 2.75) is 123 Å². The summed E-state index contributed by atoms with van der Waals surface area (Å²) in [5.74, 6) is -11.4. The number of ether oxygens (including phenoxy) is 1. The summed E-state index contributed by atoms with van der Waals surface area (Å²) in [6.45, 7) is 12.5. The minimum atomic E-state index is -1.85. The molecule has 1 heterocycles. The molecule has 0 aromatic heterocycles. The summed E-state index contributed by atoms with van der Waals surface area (Å²) in [4.78, 5) is 139. The number of aliphatic imine (C=N–C) groups is 1. The lowest BCUT2D eigenvalue weighted by Gasteiger charge is -2.34. The van der Waals surface area contributed by atoms with Crippen LogP contribution in [0.5, 0.6) is 0 Å². The topological polar surface area (TPSA) is 344 Å². The number of carbonyl (C=O) groups is 10. The number of esters is 1. The smallest absolute Gasteiger partial charge is 0.329 e. The van der Waals surface area contributed by atoms with Crippen LogP contribution in [-0.2, 0) is 59.1 Å². The Kier molecular flexibility index (Phi) is 21.5. The molecule has 0 aliphatic carbocycles. The summed E-state index contributed by atoms with van der Waals surface area (Å²) in [5.41, 5.74) is 12.2. The van der Waals surface area contributed by atoms with Gasteiger partial charge in [-0.25, -0.2) is 9.79 Å². The van der Waals surface area contributed by atoms with E-state index in [0.717, 1.165) is 4.90 Å². The summed E-state index contributed by atoms with van der Waals surface area (Å²) < 4.78 is 5.43. The number of amides is 9. The normalized spacial score (nSPS) is 25.8. The van der Waals surface area contributed by atoms with Gasteiger partial charge < -0.3 is 58.4 Å². The van der Waals surface area contributed by atoms with Crippen molar-refractivity contribution in [3.05, 3.63) is 35.9 Å². The predicted octanol–water partition coefficient (Wildman–Crippen LogP) is -2.01. The second-order valence-corrected chi connectivity index (χ2v) is 17.2. The van der Waals surface area contributed by atoms with Crippen molar-refractivity contribution in [1.29, 1.82) is 5.41 Å². The highest BCUT2D eigenvalue weighted by Gasteiger charge is 2.39. The largest absolute Gasteiger partial charge is 0.453 e. The van der Waals surface area contributed by atoms with Gasteiger partial charge in [0.1, 0.15) is 42.3 Å². The number of hydrogen-bond acceptors (Lipinski definition) is 13. The Morgan fingerprint density at radius 2 is 1.35 bits per heavy atom. The lowest BCUT2D eigenvalue weighted by atomic mass is 9.98. The average molecular weight is 912 g/mol. The maximum Gasteiger partial charge on any atom is 0.329 e. The van der Waals surface area contributed by atoms with Gasteiger partial charge >= 0.3 is 5.97 Å². The monoisotopic (exact) mass is 911 g/mol. The lowest BCUT2D eigenvalue weighted by molar-refractivity contribution is -0.152. The first-order chi connectivity index (χ1) is 30.4. The second kappa shape index (κ2) is 25.6. The van der Waals surface area contributed by atoms with E-state index in [1.807, 2.05) is 0 Å². The molecule has 0 saturated carbocycles. The van der Waals surface area contributed by atoms with Crippen molar-refractivity contribution in [3.8, 4) is 0 Å². The maximum atomic E-state index is 14.3. The quantitative estimate of drug-likeness (QED) is 0.0909. The molecule has 1 aromatic carbocycles. The molecule has 0 saturated heterocycles. The van der Waals surface area contributed by atoms with E-state index in [0.29, 0.717) is 18.0 Å². The van der Waals surface area contributed by atoms with E-state index in [1.165, 1.54) is 7.05 Å². The number of likely N-dealkylation sites (N-methyl/N-ethyl adjacent to an activating group) is 1. The van der Waals surface area contributed by atoms with Crippen LogP contribution in [-0.4, -0.2) is 138 Å². The van der Waals surface area contributed by atoms with E-state index in [9.17, 15) is 47.9 Å². The number of rotatable bonds is 10. The molecule has 0 spiro atoms. The molecule has 0 radical (unpaired) electrons. The van der Waals surface area contributed by atoms with Crippen molar-refractivity contribution in [3.63, 3.8) is 0 Å². The zero-order chi connectivity index (χ0) is 49.3. The molecule has 2 rings (SSSR count). The Morgan fingerprint density at radius 3 is 1.89 bits per heavy atom. The minimum absolute atomic E-state index is 0.00370. The van der Waals surface area contributed by atoms with Gasteiger partial charge in [-0.1, -0.05) is 85.7 Å². The van der Waals surface area contributed by atoms with Gasteiger partial charge in [-0.15, -0.1) is 0 Å². The van der Waals surface area contributed by atoms with Crippen LogP contribution in [0.1, 0.15) is 73.8 Å². The third-order valence-corrected chi connectivity index (χ3v) is 10.3. The van der Waals surface area contributed by atoms with E-state index in [4.69, 9.17) is 21.6 Å². The Balaban J connectivity index is 2.70. The lowest BCUT2D eigenvalue weighted by Crippen LogP contribution is -2.61. The maximum absolute atomic E-state index is 14.3. The summed E-state index contributed by atoms with van der Waals surface area (Å²) in [7, 11) is 1.32. The molecule has 358 valence electrons. The summed E-state index contributed by atoms with van der Waals surface area (Å²) in [6.07, 6.45) is -1.41. The van der Waals surface area contributed by atoms with Gasteiger partial charge in [0.15, 0.2) is 6.10 Å². The third kappa shape index (κ3) is 17.1. The number of hydrogen-bond donors (Lipinski definition) is 9. The van der Waals surface area contributed by atoms with Crippen LogP contribution in [0.3, 0.4) is 0 Å². The van der Waals surface area contributed by atoms with Crippen LogP contribution in [0, 0.1) is 29.1 Å². The number of carbonyl (C=O) groups excluding carboxylic acids is 10. The molecule has 1 aliphatic rings. The molecule has 11 N–H and O–H groups in total. The van der Waals surface area contributed by atoms with Gasteiger partial charge in [0.05, 0.1) is 19.2 Å². The van der Waals surface area contributed by atoms with Crippen LogP contribution in [0.2, 0.25) is 0 Å². The van der Waals surface area contributed by atoms with E-state index in [2.05, 4.69) is 36.9 Å². The average Bonchev–Trinajstić information content (AvgIpc) is 3.23. The highest BCUT2D eigenvalue weighted by molar-refractivity contribution is 6.28. The van der Waals surface area contributed by atoms with Gasteiger partial charge in [0.25, 0.3) is 11.8 Å². The van der Waals surface area contributed by atoms with E-state index in [1.54, 1.807) is 85.7 Å². The Morgan fingerprint density at radius 1 is 0.785 bits per heavy atom. The molecule has 0 fully saturated rings. The molecular formula is C43H65N11O11. The fraction of sp³-hybridized carbons (Fsp3) is 0.581. The number of cyclic esters (lactones) is 1. The van der Waals surface area contributed by atoms with Crippen LogP contribution >= 0.6 is 0 Å². The molecule has 1 aliphatic heterocycles. The SMILES string of the molecule is CC(C)C[C@H]1NC(=O)[C@@H](C(C)C)NC(=O)CNC(=O)C=NC(=O)[C@H](C(C)C)NC(=O)[C@H](Cc2ccccc2)N(C)C(=O)[C@H](C(C)C)NC(=O)[C@@H](CC(N)=O)NC(=O)[C@H](N)[C@@H](C=N)OC1=O.